The molecule has 0 saturated carbocycles. The van der Waals surface area contributed by atoms with Crippen LogP contribution in [-0.2, 0) is 14.9 Å². The van der Waals surface area contributed by atoms with Crippen molar-refractivity contribution in [3.63, 3.8) is 0 Å². The maximum absolute atomic E-state index is 13.4. The van der Waals surface area contributed by atoms with Crippen LogP contribution in [-0.4, -0.2) is 36.6 Å². The Kier molecular flexibility index (Phi) is 6.16. The number of ether oxygens (including phenoxy) is 2. The van der Waals surface area contributed by atoms with Gasteiger partial charge in [-0.1, -0.05) is 31.5 Å². The molecule has 0 fully saturated rings. The van der Waals surface area contributed by atoms with Crippen LogP contribution in [0.1, 0.15) is 32.8 Å². The first-order chi connectivity index (χ1) is 10.9. The van der Waals surface area contributed by atoms with E-state index >= 15 is 0 Å². The van der Waals surface area contributed by atoms with Crippen molar-refractivity contribution in [2.75, 3.05) is 13.7 Å². The number of carbonyl (C=O) groups excluding carboxylic acids is 1. The number of benzene rings is 1. The van der Waals surface area contributed by atoms with Gasteiger partial charge in [-0.05, 0) is 30.0 Å². The zero-order valence-corrected chi connectivity index (χ0v) is 14.6. The van der Waals surface area contributed by atoms with E-state index in [1.165, 1.54) is 46.1 Å². The van der Waals surface area contributed by atoms with Crippen LogP contribution in [0.4, 0.5) is 13.2 Å². The first-order valence-corrected chi connectivity index (χ1v) is 7.57. The molecule has 0 saturated heterocycles. The summed E-state index contributed by atoms with van der Waals surface area (Å²) in [5.74, 6) is -1.46. The van der Waals surface area contributed by atoms with Crippen molar-refractivity contribution in [1.82, 2.24) is 0 Å². The Morgan fingerprint density at radius 2 is 1.88 bits per heavy atom. The van der Waals surface area contributed by atoms with E-state index in [0.717, 1.165) is 0 Å². The van der Waals surface area contributed by atoms with Crippen LogP contribution in [0.2, 0.25) is 5.02 Å². The minimum Gasteiger partial charge on any atom is -0.496 e. The van der Waals surface area contributed by atoms with Gasteiger partial charge < -0.3 is 14.6 Å². The molecule has 1 unspecified atom stereocenters. The molecule has 136 valence electrons. The van der Waals surface area contributed by atoms with Gasteiger partial charge in [0.15, 0.2) is 0 Å². The Balaban J connectivity index is 3.33. The predicted octanol–water partition coefficient (Wildman–Crippen LogP) is 3.87. The number of methoxy groups -OCH3 is 1. The number of esters is 1. The molecular weight excluding hydrogens is 349 g/mol. The minimum absolute atomic E-state index is 0.265. The molecule has 4 nitrogen and oxygen atoms in total. The number of hydrogen-bond acceptors (Lipinski definition) is 4. The average Bonchev–Trinajstić information content (AvgIpc) is 2.45. The number of alkyl halides is 3. The zero-order valence-electron chi connectivity index (χ0n) is 13.8. The molecule has 0 bridgehead atoms. The lowest BCUT2D eigenvalue weighted by atomic mass is 9.74. The topological polar surface area (TPSA) is 55.8 Å². The Bertz CT molecular complexity index is 601. The summed E-state index contributed by atoms with van der Waals surface area (Å²) in [5, 5.41) is 10.4. The van der Waals surface area contributed by atoms with E-state index in [1.807, 2.05) is 0 Å². The predicted molar refractivity (Wildman–Crippen MR) is 83.3 cm³/mol. The summed E-state index contributed by atoms with van der Waals surface area (Å²) < 4.78 is 49.7. The van der Waals surface area contributed by atoms with Gasteiger partial charge in [0.25, 0.3) is 5.60 Å². The number of rotatable bonds is 6. The highest BCUT2D eigenvalue weighted by atomic mass is 35.5. The van der Waals surface area contributed by atoms with E-state index < -0.39 is 29.6 Å². The van der Waals surface area contributed by atoms with Gasteiger partial charge in [-0.2, -0.15) is 13.2 Å². The van der Waals surface area contributed by atoms with Crippen molar-refractivity contribution in [1.29, 1.82) is 0 Å². The largest absolute Gasteiger partial charge is 0.496 e. The third-order valence-electron chi connectivity index (χ3n) is 3.67. The van der Waals surface area contributed by atoms with E-state index in [2.05, 4.69) is 4.74 Å². The third-order valence-corrected chi connectivity index (χ3v) is 3.91. The standard InChI is InChI=1S/C16H20ClF3O4/c1-5-24-13(21)15(22,16(18,19)20)9-14(2,3)11-7-6-10(17)8-12(11)23-4/h6-8,22H,5,9H2,1-4H3. The molecule has 0 aromatic heterocycles. The number of halogens is 4. The number of hydrogen-bond donors (Lipinski definition) is 1. The van der Waals surface area contributed by atoms with Gasteiger partial charge in [-0.25, -0.2) is 4.79 Å². The molecule has 1 atom stereocenters. The SMILES string of the molecule is CCOC(=O)C(O)(CC(C)(C)c1ccc(Cl)cc1OC)C(F)(F)F. The molecule has 1 rings (SSSR count). The van der Waals surface area contributed by atoms with Gasteiger partial charge >= 0.3 is 12.1 Å². The highest BCUT2D eigenvalue weighted by molar-refractivity contribution is 6.30. The molecule has 0 radical (unpaired) electrons. The van der Waals surface area contributed by atoms with Crippen LogP contribution >= 0.6 is 11.6 Å². The molecular formula is C16H20ClF3O4. The van der Waals surface area contributed by atoms with Crippen molar-refractivity contribution in [2.24, 2.45) is 0 Å². The quantitative estimate of drug-likeness (QED) is 0.774. The summed E-state index contributed by atoms with van der Waals surface area (Å²) in [6.45, 7) is 4.02. The van der Waals surface area contributed by atoms with E-state index in [1.54, 1.807) is 0 Å². The molecule has 0 amide bonds. The van der Waals surface area contributed by atoms with Gasteiger partial charge in [0.2, 0.25) is 0 Å². The van der Waals surface area contributed by atoms with Crippen LogP contribution < -0.4 is 4.74 Å². The molecule has 0 spiro atoms. The summed E-state index contributed by atoms with van der Waals surface area (Å²) >= 11 is 5.86. The number of carbonyl (C=O) groups is 1. The molecule has 8 heteroatoms. The van der Waals surface area contributed by atoms with E-state index in [9.17, 15) is 23.1 Å². The van der Waals surface area contributed by atoms with Crippen LogP contribution in [0, 0.1) is 0 Å². The van der Waals surface area contributed by atoms with Gasteiger partial charge in [-0.15, -0.1) is 0 Å². The first-order valence-electron chi connectivity index (χ1n) is 7.19. The van der Waals surface area contributed by atoms with Gasteiger partial charge in [0, 0.05) is 11.4 Å². The Morgan fingerprint density at radius 1 is 1.29 bits per heavy atom. The molecule has 0 aliphatic rings. The first kappa shape index (κ1) is 20.6. The molecule has 1 aromatic rings. The van der Waals surface area contributed by atoms with Crippen molar-refractivity contribution in [3.05, 3.63) is 28.8 Å². The van der Waals surface area contributed by atoms with Gasteiger partial charge in [-0.3, -0.25) is 0 Å². The molecule has 0 aliphatic heterocycles. The fraction of sp³-hybridized carbons (Fsp3) is 0.562. The summed E-state index contributed by atoms with van der Waals surface area (Å²) in [7, 11) is 1.35. The molecule has 0 aliphatic carbocycles. The summed E-state index contributed by atoms with van der Waals surface area (Å²) in [6.07, 6.45) is -6.11. The maximum atomic E-state index is 13.4. The minimum atomic E-state index is -5.18. The van der Waals surface area contributed by atoms with Crippen molar-refractivity contribution in [2.45, 2.75) is 44.4 Å². The van der Waals surface area contributed by atoms with Gasteiger partial charge in [0.05, 0.1) is 13.7 Å². The summed E-state index contributed by atoms with van der Waals surface area (Å²) in [6, 6.07) is 4.46. The second-order valence-electron chi connectivity index (χ2n) is 5.98. The van der Waals surface area contributed by atoms with E-state index in [-0.39, 0.29) is 12.4 Å². The molecule has 1 aromatic carbocycles. The fourth-order valence-electron chi connectivity index (χ4n) is 2.50. The lowest BCUT2D eigenvalue weighted by molar-refractivity contribution is -0.267. The van der Waals surface area contributed by atoms with E-state index in [4.69, 9.17) is 16.3 Å². The van der Waals surface area contributed by atoms with E-state index in [0.29, 0.717) is 10.6 Å². The lowest BCUT2D eigenvalue weighted by Gasteiger charge is -2.36. The molecule has 1 N–H and O–H groups in total. The summed E-state index contributed by atoms with van der Waals surface area (Å²) in [4.78, 5) is 11.8. The molecule has 0 heterocycles. The second kappa shape index (κ2) is 7.19. The number of aliphatic hydroxyl groups is 1. The Morgan fingerprint density at radius 3 is 2.33 bits per heavy atom. The highest BCUT2D eigenvalue weighted by Crippen LogP contribution is 2.44. The van der Waals surface area contributed by atoms with Crippen molar-refractivity contribution in [3.8, 4) is 5.75 Å². The second-order valence-corrected chi connectivity index (χ2v) is 6.42. The Labute approximate surface area is 143 Å². The van der Waals surface area contributed by atoms with Crippen LogP contribution in [0.5, 0.6) is 5.75 Å². The van der Waals surface area contributed by atoms with Crippen LogP contribution in [0.3, 0.4) is 0 Å². The third kappa shape index (κ3) is 4.13. The Hall–Kier alpha value is -1.47. The summed E-state index contributed by atoms with van der Waals surface area (Å²) in [5.41, 5.74) is -4.51. The van der Waals surface area contributed by atoms with Gasteiger partial charge in [0.1, 0.15) is 5.75 Å². The monoisotopic (exact) mass is 368 g/mol. The zero-order chi connectivity index (χ0) is 18.8. The smallest absolute Gasteiger partial charge is 0.428 e. The van der Waals surface area contributed by atoms with Crippen molar-refractivity contribution < 1.29 is 32.5 Å². The van der Waals surface area contributed by atoms with Crippen LogP contribution in [0.25, 0.3) is 0 Å². The fourth-order valence-corrected chi connectivity index (χ4v) is 2.66. The van der Waals surface area contributed by atoms with Crippen molar-refractivity contribution >= 4 is 17.6 Å². The lowest BCUT2D eigenvalue weighted by Crippen LogP contribution is -2.55. The maximum Gasteiger partial charge on any atom is 0.428 e. The van der Waals surface area contributed by atoms with Crippen LogP contribution in [0.15, 0.2) is 18.2 Å². The highest BCUT2D eigenvalue weighted by Gasteiger charge is 2.62. The normalized spacial score (nSPS) is 14.9. The average molecular weight is 369 g/mol. The molecule has 24 heavy (non-hydrogen) atoms.